The standard InChI is InChI=1S/C20H18FN5O2/c1-19(20(6-7-20)11-28-18(23)26-19)14-8-13(3-4-15(14)21)25-17(27)16-5-2-12(9-22)10-24-16/h2-5,8,10H,6-7,11H2,1H3,(H2,23,26)(H,25,27)/t19-/m1/s1. The van der Waals surface area contributed by atoms with Crippen molar-refractivity contribution in [2.75, 3.05) is 11.9 Å². The zero-order valence-electron chi connectivity index (χ0n) is 15.2. The van der Waals surface area contributed by atoms with E-state index in [0.717, 1.165) is 12.8 Å². The summed E-state index contributed by atoms with van der Waals surface area (Å²) in [6.45, 7) is 2.24. The van der Waals surface area contributed by atoms with E-state index >= 15 is 0 Å². The van der Waals surface area contributed by atoms with Crippen molar-refractivity contribution in [3.8, 4) is 6.07 Å². The van der Waals surface area contributed by atoms with E-state index in [1.165, 1.54) is 30.5 Å². The van der Waals surface area contributed by atoms with E-state index in [1.807, 2.05) is 13.0 Å². The first-order chi connectivity index (χ1) is 13.4. The molecule has 0 unspecified atom stereocenters. The molecule has 1 aliphatic carbocycles. The molecule has 1 aliphatic heterocycles. The molecule has 142 valence electrons. The Morgan fingerprint density at radius 3 is 2.79 bits per heavy atom. The van der Waals surface area contributed by atoms with E-state index in [9.17, 15) is 9.18 Å². The molecule has 2 heterocycles. The molecule has 1 aromatic heterocycles. The minimum Gasteiger partial charge on any atom is -0.465 e. The molecule has 1 atom stereocenters. The largest absolute Gasteiger partial charge is 0.465 e. The van der Waals surface area contributed by atoms with Crippen LogP contribution >= 0.6 is 0 Å². The van der Waals surface area contributed by atoms with E-state index in [0.29, 0.717) is 23.4 Å². The Kier molecular flexibility index (Phi) is 4.03. The Hall–Kier alpha value is -3.47. The molecule has 0 saturated heterocycles. The number of nitriles is 1. The SMILES string of the molecule is C[C@]1(c2cc(NC(=O)c3ccc(C#N)cn3)ccc2F)N=C(N)OCC12CC2. The van der Waals surface area contributed by atoms with E-state index < -0.39 is 17.3 Å². The van der Waals surface area contributed by atoms with E-state index in [4.69, 9.17) is 15.7 Å². The summed E-state index contributed by atoms with van der Waals surface area (Å²) < 4.78 is 20.1. The molecular formula is C20H18FN5O2. The summed E-state index contributed by atoms with van der Waals surface area (Å²) >= 11 is 0. The summed E-state index contributed by atoms with van der Waals surface area (Å²) in [6.07, 6.45) is 3.05. The third-order valence-corrected chi connectivity index (χ3v) is 5.59. The summed E-state index contributed by atoms with van der Waals surface area (Å²) in [5.74, 6) is -0.870. The summed E-state index contributed by atoms with van der Waals surface area (Å²) in [6, 6.07) is 9.32. The maximum atomic E-state index is 14.7. The summed E-state index contributed by atoms with van der Waals surface area (Å²) in [7, 11) is 0. The van der Waals surface area contributed by atoms with Gasteiger partial charge in [0.15, 0.2) is 0 Å². The van der Waals surface area contributed by atoms with Crippen molar-refractivity contribution in [3.63, 3.8) is 0 Å². The number of hydrogen-bond donors (Lipinski definition) is 2. The highest BCUT2D eigenvalue weighted by Crippen LogP contribution is 2.62. The Bertz CT molecular complexity index is 1020. The Morgan fingerprint density at radius 1 is 1.36 bits per heavy atom. The normalized spacial score (nSPS) is 22.0. The summed E-state index contributed by atoms with van der Waals surface area (Å²) in [4.78, 5) is 20.8. The fourth-order valence-corrected chi connectivity index (χ4v) is 3.62. The number of carbonyl (C=O) groups is 1. The minimum absolute atomic E-state index is 0.0376. The molecule has 1 aromatic carbocycles. The number of pyridine rings is 1. The highest BCUT2D eigenvalue weighted by atomic mass is 19.1. The van der Waals surface area contributed by atoms with Gasteiger partial charge in [0.05, 0.1) is 12.2 Å². The van der Waals surface area contributed by atoms with Crippen molar-refractivity contribution >= 4 is 17.6 Å². The number of nitrogens with zero attached hydrogens (tertiary/aromatic N) is 3. The van der Waals surface area contributed by atoms with Crippen molar-refractivity contribution < 1.29 is 13.9 Å². The number of nitrogens with one attached hydrogen (secondary N) is 1. The van der Waals surface area contributed by atoms with Crippen molar-refractivity contribution in [1.29, 1.82) is 5.26 Å². The molecule has 1 spiro atoms. The van der Waals surface area contributed by atoms with E-state index in [2.05, 4.69) is 15.3 Å². The molecule has 2 aliphatic rings. The lowest BCUT2D eigenvalue weighted by Gasteiger charge is -2.38. The molecule has 1 amide bonds. The fourth-order valence-electron chi connectivity index (χ4n) is 3.62. The number of amidine groups is 1. The van der Waals surface area contributed by atoms with Gasteiger partial charge in [0.2, 0.25) is 0 Å². The number of nitrogens with two attached hydrogens (primary N) is 1. The lowest BCUT2D eigenvalue weighted by atomic mass is 9.76. The Morgan fingerprint density at radius 2 is 2.14 bits per heavy atom. The van der Waals surface area contributed by atoms with Crippen LogP contribution in [0.5, 0.6) is 0 Å². The molecule has 0 radical (unpaired) electrons. The van der Waals surface area contributed by atoms with Gasteiger partial charge in [-0.3, -0.25) is 4.79 Å². The van der Waals surface area contributed by atoms with Gasteiger partial charge >= 0.3 is 0 Å². The third kappa shape index (κ3) is 2.85. The van der Waals surface area contributed by atoms with Crippen LogP contribution < -0.4 is 11.1 Å². The molecule has 2 aromatic rings. The number of amides is 1. The van der Waals surface area contributed by atoms with Crippen LogP contribution in [0.15, 0.2) is 41.5 Å². The maximum Gasteiger partial charge on any atom is 0.282 e. The number of aliphatic imine (C=N–C) groups is 1. The molecule has 1 fully saturated rings. The second kappa shape index (κ2) is 6.30. The molecule has 0 bridgehead atoms. The molecular weight excluding hydrogens is 361 g/mol. The monoisotopic (exact) mass is 379 g/mol. The van der Waals surface area contributed by atoms with Crippen LogP contribution in [-0.2, 0) is 10.3 Å². The Labute approximate surface area is 161 Å². The average molecular weight is 379 g/mol. The molecule has 8 heteroatoms. The number of carbonyl (C=O) groups excluding carboxylic acids is 1. The van der Waals surface area contributed by atoms with Crippen LogP contribution in [0.4, 0.5) is 10.1 Å². The first-order valence-electron chi connectivity index (χ1n) is 8.83. The second-order valence-corrected chi connectivity index (χ2v) is 7.28. The van der Waals surface area contributed by atoms with Crippen LogP contribution in [0.1, 0.15) is 41.4 Å². The van der Waals surface area contributed by atoms with Gasteiger partial charge in [-0.15, -0.1) is 0 Å². The van der Waals surface area contributed by atoms with E-state index in [-0.39, 0.29) is 17.1 Å². The molecule has 4 rings (SSSR count). The van der Waals surface area contributed by atoms with Gasteiger partial charge < -0.3 is 15.8 Å². The predicted molar refractivity (Wildman–Crippen MR) is 99.9 cm³/mol. The number of aromatic nitrogens is 1. The van der Waals surface area contributed by atoms with Gasteiger partial charge in [-0.05, 0) is 50.1 Å². The van der Waals surface area contributed by atoms with Crippen LogP contribution in [0.3, 0.4) is 0 Å². The molecule has 3 N–H and O–H groups in total. The zero-order valence-corrected chi connectivity index (χ0v) is 15.2. The number of halogens is 1. The summed E-state index contributed by atoms with van der Waals surface area (Å²) in [5.41, 5.74) is 5.92. The van der Waals surface area contributed by atoms with Gasteiger partial charge in [0, 0.05) is 22.9 Å². The van der Waals surface area contributed by atoms with Crippen molar-refractivity contribution in [2.24, 2.45) is 16.1 Å². The Balaban J connectivity index is 1.65. The number of ether oxygens (including phenoxy) is 1. The highest BCUT2D eigenvalue weighted by Gasteiger charge is 2.61. The minimum atomic E-state index is -0.868. The molecule has 7 nitrogen and oxygen atoms in total. The lowest BCUT2D eigenvalue weighted by molar-refractivity contribution is 0.102. The number of rotatable bonds is 3. The van der Waals surface area contributed by atoms with Gasteiger partial charge in [0.1, 0.15) is 23.1 Å². The molecule has 28 heavy (non-hydrogen) atoms. The smallest absolute Gasteiger partial charge is 0.282 e. The predicted octanol–water partition coefficient (Wildman–Crippen LogP) is 2.68. The van der Waals surface area contributed by atoms with Crippen LogP contribution in [0.25, 0.3) is 0 Å². The van der Waals surface area contributed by atoms with Crippen LogP contribution in [0.2, 0.25) is 0 Å². The topological polar surface area (TPSA) is 113 Å². The fraction of sp³-hybridized carbons (Fsp3) is 0.300. The van der Waals surface area contributed by atoms with Gasteiger partial charge in [-0.25, -0.2) is 14.4 Å². The highest BCUT2D eigenvalue weighted by molar-refractivity contribution is 6.02. The molecule has 1 saturated carbocycles. The van der Waals surface area contributed by atoms with Crippen LogP contribution in [0, 0.1) is 22.6 Å². The quantitative estimate of drug-likeness (QED) is 0.851. The van der Waals surface area contributed by atoms with Gasteiger partial charge in [-0.1, -0.05) is 0 Å². The van der Waals surface area contributed by atoms with Crippen molar-refractivity contribution in [2.45, 2.75) is 25.3 Å². The second-order valence-electron chi connectivity index (χ2n) is 7.28. The third-order valence-electron chi connectivity index (χ3n) is 5.59. The number of anilines is 1. The first kappa shape index (κ1) is 17.9. The lowest BCUT2D eigenvalue weighted by Crippen LogP contribution is -2.43. The van der Waals surface area contributed by atoms with E-state index in [1.54, 1.807) is 6.07 Å². The summed E-state index contributed by atoms with van der Waals surface area (Å²) in [5, 5.41) is 11.5. The number of benzene rings is 1. The van der Waals surface area contributed by atoms with Crippen LogP contribution in [-0.4, -0.2) is 23.5 Å². The zero-order chi connectivity index (χ0) is 19.9. The van der Waals surface area contributed by atoms with Crippen molar-refractivity contribution in [3.05, 3.63) is 59.2 Å². The average Bonchev–Trinajstić information content (AvgIpc) is 3.48. The number of hydrogen-bond acceptors (Lipinski definition) is 6. The van der Waals surface area contributed by atoms with Gasteiger partial charge in [-0.2, -0.15) is 5.26 Å². The maximum absolute atomic E-state index is 14.7. The first-order valence-corrected chi connectivity index (χ1v) is 8.83. The van der Waals surface area contributed by atoms with Crippen molar-refractivity contribution in [1.82, 2.24) is 4.98 Å². The van der Waals surface area contributed by atoms with Gasteiger partial charge in [0.25, 0.3) is 11.9 Å².